The Morgan fingerprint density at radius 3 is 3.00 bits per heavy atom. The zero-order chi connectivity index (χ0) is 8.27. The van der Waals surface area contributed by atoms with Crippen LogP contribution in [0.2, 0.25) is 0 Å². The molecule has 1 heterocycles. The van der Waals surface area contributed by atoms with E-state index < -0.39 is 0 Å². The second-order valence-electron chi connectivity index (χ2n) is 2.31. The molecule has 3 N–H and O–H groups in total. The van der Waals surface area contributed by atoms with E-state index in [2.05, 4.69) is 4.98 Å². The minimum Gasteiger partial charge on any atom is -0.394 e. The molecule has 0 fully saturated rings. The van der Waals surface area contributed by atoms with Gasteiger partial charge in [-0.15, -0.1) is 11.3 Å². The highest BCUT2D eigenvalue weighted by Crippen LogP contribution is 2.14. The fourth-order valence-corrected chi connectivity index (χ4v) is 1.56. The van der Waals surface area contributed by atoms with Gasteiger partial charge in [-0.05, 0) is 6.42 Å². The Morgan fingerprint density at radius 1 is 1.82 bits per heavy atom. The van der Waals surface area contributed by atoms with Gasteiger partial charge >= 0.3 is 0 Å². The molecule has 0 spiro atoms. The summed E-state index contributed by atoms with van der Waals surface area (Å²) < 4.78 is 0. The Balaban J connectivity index is 2.71. The Kier molecular flexibility index (Phi) is 2.99. The van der Waals surface area contributed by atoms with Gasteiger partial charge in [0, 0.05) is 5.38 Å². The van der Waals surface area contributed by atoms with Gasteiger partial charge in [0.15, 0.2) is 0 Å². The number of nitrogens with zero attached hydrogens (tertiary/aromatic N) is 1. The van der Waals surface area contributed by atoms with Gasteiger partial charge in [-0.2, -0.15) is 0 Å². The SMILES string of the molecule is CCc1nc(C(N)CO)cs1. The molecular formula is C7H12N2OS. The van der Waals surface area contributed by atoms with E-state index in [1.807, 2.05) is 12.3 Å². The molecule has 1 aromatic rings. The molecular weight excluding hydrogens is 160 g/mol. The number of aliphatic hydroxyl groups excluding tert-OH is 1. The summed E-state index contributed by atoms with van der Waals surface area (Å²) in [5, 5.41) is 11.7. The van der Waals surface area contributed by atoms with Crippen LogP contribution in [0.4, 0.5) is 0 Å². The number of thiazole rings is 1. The van der Waals surface area contributed by atoms with Crippen molar-refractivity contribution in [3.63, 3.8) is 0 Å². The van der Waals surface area contributed by atoms with Gasteiger partial charge in [0.2, 0.25) is 0 Å². The van der Waals surface area contributed by atoms with E-state index >= 15 is 0 Å². The molecule has 1 aromatic heterocycles. The van der Waals surface area contributed by atoms with Crippen LogP contribution in [0.25, 0.3) is 0 Å². The third kappa shape index (κ3) is 1.99. The lowest BCUT2D eigenvalue weighted by molar-refractivity contribution is 0.266. The molecule has 3 nitrogen and oxygen atoms in total. The van der Waals surface area contributed by atoms with Crippen LogP contribution in [-0.2, 0) is 6.42 Å². The first kappa shape index (κ1) is 8.64. The number of hydrogen-bond donors (Lipinski definition) is 2. The quantitative estimate of drug-likeness (QED) is 0.705. The van der Waals surface area contributed by atoms with Gasteiger partial charge in [-0.25, -0.2) is 4.98 Å². The van der Waals surface area contributed by atoms with Crippen molar-refractivity contribution in [3.05, 3.63) is 16.1 Å². The van der Waals surface area contributed by atoms with Gasteiger partial charge in [0.1, 0.15) is 0 Å². The molecule has 1 atom stereocenters. The second kappa shape index (κ2) is 3.80. The number of aromatic nitrogens is 1. The van der Waals surface area contributed by atoms with E-state index in [1.165, 1.54) is 0 Å². The minimum atomic E-state index is -0.313. The highest BCUT2D eigenvalue weighted by atomic mass is 32.1. The lowest BCUT2D eigenvalue weighted by Gasteiger charge is -2.01. The van der Waals surface area contributed by atoms with E-state index in [0.29, 0.717) is 0 Å². The van der Waals surface area contributed by atoms with Crippen LogP contribution in [0.3, 0.4) is 0 Å². The Hall–Kier alpha value is -0.450. The van der Waals surface area contributed by atoms with Crippen molar-refractivity contribution >= 4 is 11.3 Å². The summed E-state index contributed by atoms with van der Waals surface area (Å²) in [6.07, 6.45) is 0.933. The zero-order valence-electron chi connectivity index (χ0n) is 6.45. The normalized spacial score (nSPS) is 13.4. The Morgan fingerprint density at radius 2 is 2.55 bits per heavy atom. The second-order valence-corrected chi connectivity index (χ2v) is 3.25. The molecule has 0 saturated carbocycles. The largest absolute Gasteiger partial charge is 0.394 e. The van der Waals surface area contributed by atoms with Crippen LogP contribution < -0.4 is 5.73 Å². The molecule has 0 aliphatic rings. The molecule has 11 heavy (non-hydrogen) atoms. The van der Waals surface area contributed by atoms with Gasteiger partial charge in [-0.3, -0.25) is 0 Å². The standard InChI is InChI=1S/C7H12N2OS/c1-2-7-9-6(4-11-7)5(8)3-10/h4-5,10H,2-3,8H2,1H3. The van der Waals surface area contributed by atoms with Gasteiger partial charge in [0.25, 0.3) is 0 Å². The number of aliphatic hydroxyl groups is 1. The molecule has 0 aromatic carbocycles. The monoisotopic (exact) mass is 172 g/mol. The minimum absolute atomic E-state index is 0.0348. The Bertz CT molecular complexity index is 224. The first-order chi connectivity index (χ1) is 5.27. The van der Waals surface area contributed by atoms with Crippen LogP contribution in [0.5, 0.6) is 0 Å². The third-order valence-corrected chi connectivity index (χ3v) is 2.46. The summed E-state index contributed by atoms with van der Waals surface area (Å²) in [6.45, 7) is 2.01. The smallest absolute Gasteiger partial charge is 0.0926 e. The Labute approximate surface area is 69.9 Å². The van der Waals surface area contributed by atoms with Crippen LogP contribution in [-0.4, -0.2) is 16.7 Å². The van der Waals surface area contributed by atoms with E-state index in [1.54, 1.807) is 11.3 Å². The lowest BCUT2D eigenvalue weighted by Crippen LogP contribution is -2.14. The topological polar surface area (TPSA) is 59.1 Å². The predicted molar refractivity (Wildman–Crippen MR) is 45.5 cm³/mol. The maximum absolute atomic E-state index is 8.71. The number of nitrogens with two attached hydrogens (primary N) is 1. The summed E-state index contributed by atoms with van der Waals surface area (Å²) in [5.41, 5.74) is 6.36. The molecule has 0 aliphatic carbocycles. The van der Waals surface area contributed by atoms with E-state index in [9.17, 15) is 0 Å². The van der Waals surface area contributed by atoms with Crippen LogP contribution >= 0.6 is 11.3 Å². The molecule has 1 rings (SSSR count). The molecule has 0 aliphatic heterocycles. The van der Waals surface area contributed by atoms with Gasteiger partial charge in [0.05, 0.1) is 23.4 Å². The van der Waals surface area contributed by atoms with Crippen molar-refractivity contribution in [3.8, 4) is 0 Å². The molecule has 62 valence electrons. The number of rotatable bonds is 3. The average molecular weight is 172 g/mol. The predicted octanol–water partition coefficient (Wildman–Crippen LogP) is 0.698. The fourth-order valence-electron chi connectivity index (χ4n) is 0.751. The maximum atomic E-state index is 8.71. The van der Waals surface area contributed by atoms with Crippen LogP contribution in [0, 0.1) is 0 Å². The van der Waals surface area contributed by atoms with Gasteiger partial charge < -0.3 is 10.8 Å². The molecule has 0 bridgehead atoms. The van der Waals surface area contributed by atoms with Crippen LogP contribution in [0.15, 0.2) is 5.38 Å². The first-order valence-electron chi connectivity index (χ1n) is 3.58. The average Bonchev–Trinajstić information content (AvgIpc) is 2.50. The first-order valence-corrected chi connectivity index (χ1v) is 4.46. The van der Waals surface area contributed by atoms with E-state index in [4.69, 9.17) is 10.8 Å². The zero-order valence-corrected chi connectivity index (χ0v) is 7.27. The fraction of sp³-hybridized carbons (Fsp3) is 0.571. The van der Waals surface area contributed by atoms with Crippen molar-refractivity contribution < 1.29 is 5.11 Å². The summed E-state index contributed by atoms with van der Waals surface area (Å²) in [7, 11) is 0. The van der Waals surface area contributed by atoms with Crippen molar-refractivity contribution in [1.82, 2.24) is 4.98 Å². The number of hydrogen-bond acceptors (Lipinski definition) is 4. The summed E-state index contributed by atoms with van der Waals surface area (Å²) in [6, 6.07) is -0.313. The lowest BCUT2D eigenvalue weighted by atomic mass is 10.3. The molecule has 0 amide bonds. The summed E-state index contributed by atoms with van der Waals surface area (Å²) in [4.78, 5) is 4.23. The van der Waals surface area contributed by atoms with Crippen molar-refractivity contribution in [2.45, 2.75) is 19.4 Å². The third-order valence-electron chi connectivity index (χ3n) is 1.45. The number of aryl methyl sites for hydroxylation is 1. The van der Waals surface area contributed by atoms with Crippen LogP contribution in [0.1, 0.15) is 23.7 Å². The summed E-state index contributed by atoms with van der Waals surface area (Å²) >= 11 is 1.59. The highest BCUT2D eigenvalue weighted by molar-refractivity contribution is 7.09. The van der Waals surface area contributed by atoms with Crippen molar-refractivity contribution in [2.24, 2.45) is 5.73 Å². The molecule has 0 radical (unpaired) electrons. The van der Waals surface area contributed by atoms with E-state index in [-0.39, 0.29) is 12.6 Å². The summed E-state index contributed by atoms with van der Waals surface area (Å²) in [5.74, 6) is 0. The molecule has 0 saturated heterocycles. The van der Waals surface area contributed by atoms with Crippen molar-refractivity contribution in [2.75, 3.05) is 6.61 Å². The highest BCUT2D eigenvalue weighted by Gasteiger charge is 2.07. The van der Waals surface area contributed by atoms with Crippen molar-refractivity contribution in [1.29, 1.82) is 0 Å². The maximum Gasteiger partial charge on any atom is 0.0926 e. The van der Waals surface area contributed by atoms with Gasteiger partial charge in [-0.1, -0.05) is 6.92 Å². The molecule has 4 heteroatoms. The molecule has 1 unspecified atom stereocenters. The van der Waals surface area contributed by atoms with E-state index in [0.717, 1.165) is 17.1 Å².